The van der Waals surface area contributed by atoms with Gasteiger partial charge in [0.1, 0.15) is 5.82 Å². The van der Waals surface area contributed by atoms with Gasteiger partial charge in [-0.05, 0) is 45.8 Å². The van der Waals surface area contributed by atoms with Crippen LogP contribution in [0.1, 0.15) is 15.2 Å². The lowest BCUT2D eigenvalue weighted by molar-refractivity contribution is 0.0955. The second kappa shape index (κ2) is 5.82. The molecule has 0 atom stereocenters. The van der Waals surface area contributed by atoms with Crippen molar-refractivity contribution in [2.45, 2.75) is 6.54 Å². The predicted octanol–water partition coefficient (Wildman–Crippen LogP) is 4.23. The number of carbonyl (C=O) groups excluding carboxylic acids is 1. The van der Waals surface area contributed by atoms with Gasteiger partial charge in [0.2, 0.25) is 0 Å². The monoisotopic (exact) mass is 347 g/mol. The number of amides is 1. The van der Waals surface area contributed by atoms with Gasteiger partial charge in [-0.1, -0.05) is 17.7 Å². The van der Waals surface area contributed by atoms with Crippen LogP contribution in [0, 0.1) is 5.82 Å². The average molecular weight is 349 g/mol. The van der Waals surface area contributed by atoms with E-state index in [2.05, 4.69) is 21.2 Å². The molecule has 0 saturated carbocycles. The Morgan fingerprint density at radius 3 is 2.78 bits per heavy atom. The number of nitrogens with one attached hydrogen (secondary N) is 1. The van der Waals surface area contributed by atoms with Crippen LogP contribution < -0.4 is 5.32 Å². The maximum Gasteiger partial charge on any atom is 0.261 e. The molecule has 0 spiro atoms. The molecule has 94 valence electrons. The highest BCUT2D eigenvalue weighted by Crippen LogP contribution is 2.22. The second-order valence-corrected chi connectivity index (χ2v) is 6.41. The lowest BCUT2D eigenvalue weighted by atomic mass is 10.2. The van der Waals surface area contributed by atoms with Crippen LogP contribution >= 0.6 is 38.9 Å². The van der Waals surface area contributed by atoms with Gasteiger partial charge in [-0.2, -0.15) is 0 Å². The Morgan fingerprint density at radius 2 is 2.17 bits per heavy atom. The fraction of sp³-hybridized carbons (Fsp3) is 0.0833. The molecule has 6 heteroatoms. The number of carbonyl (C=O) groups is 1. The van der Waals surface area contributed by atoms with Gasteiger partial charge in [0.05, 0.1) is 13.7 Å². The Balaban J connectivity index is 1.99. The SMILES string of the molecule is O=C(NCc1ccc(F)c(Cl)c1)c1ccc(Br)s1. The van der Waals surface area contributed by atoms with Crippen molar-refractivity contribution < 1.29 is 9.18 Å². The van der Waals surface area contributed by atoms with Gasteiger partial charge in [-0.25, -0.2) is 4.39 Å². The molecule has 0 aliphatic carbocycles. The predicted molar refractivity (Wildman–Crippen MR) is 74.6 cm³/mol. The minimum absolute atomic E-state index is 0.0561. The molecule has 1 N–H and O–H groups in total. The number of benzene rings is 1. The molecule has 0 fully saturated rings. The van der Waals surface area contributed by atoms with E-state index < -0.39 is 5.82 Å². The molecule has 0 saturated heterocycles. The second-order valence-electron chi connectivity index (χ2n) is 3.53. The summed E-state index contributed by atoms with van der Waals surface area (Å²) in [6.07, 6.45) is 0. The molecule has 1 heterocycles. The minimum Gasteiger partial charge on any atom is -0.347 e. The van der Waals surface area contributed by atoms with Crippen LogP contribution in [0.5, 0.6) is 0 Å². The Hall–Kier alpha value is -0.910. The molecule has 0 bridgehead atoms. The van der Waals surface area contributed by atoms with Gasteiger partial charge in [0, 0.05) is 6.54 Å². The van der Waals surface area contributed by atoms with Gasteiger partial charge in [-0.15, -0.1) is 11.3 Å². The van der Waals surface area contributed by atoms with Crippen molar-refractivity contribution in [2.75, 3.05) is 0 Å². The Kier molecular flexibility index (Phi) is 4.37. The van der Waals surface area contributed by atoms with Crippen molar-refractivity contribution >= 4 is 44.8 Å². The fourth-order valence-electron chi connectivity index (χ4n) is 1.36. The van der Waals surface area contributed by atoms with E-state index in [-0.39, 0.29) is 10.9 Å². The summed E-state index contributed by atoms with van der Waals surface area (Å²) in [5, 5.41) is 2.80. The van der Waals surface area contributed by atoms with E-state index in [0.29, 0.717) is 11.4 Å². The normalized spacial score (nSPS) is 10.4. The van der Waals surface area contributed by atoms with Gasteiger partial charge < -0.3 is 5.32 Å². The molecule has 0 unspecified atom stereocenters. The van der Waals surface area contributed by atoms with E-state index in [1.807, 2.05) is 6.07 Å². The summed E-state index contributed by atoms with van der Waals surface area (Å²) in [6, 6.07) is 7.93. The molecular formula is C12H8BrClFNOS. The van der Waals surface area contributed by atoms with Crippen molar-refractivity contribution in [3.05, 3.63) is 55.4 Å². The van der Waals surface area contributed by atoms with E-state index in [0.717, 1.165) is 9.35 Å². The zero-order chi connectivity index (χ0) is 13.1. The van der Waals surface area contributed by atoms with Gasteiger partial charge in [-0.3, -0.25) is 4.79 Å². The van der Waals surface area contributed by atoms with Gasteiger partial charge in [0.15, 0.2) is 0 Å². The standard InChI is InChI=1S/C12H8BrClFNOS/c13-11-4-3-10(18-11)12(17)16-6-7-1-2-9(15)8(14)5-7/h1-5H,6H2,(H,16,17). The third kappa shape index (κ3) is 3.31. The Labute approximate surface area is 121 Å². The first-order valence-electron chi connectivity index (χ1n) is 5.04. The van der Waals surface area contributed by atoms with E-state index >= 15 is 0 Å². The maximum atomic E-state index is 12.9. The highest BCUT2D eigenvalue weighted by Gasteiger charge is 2.08. The van der Waals surface area contributed by atoms with Crippen LogP contribution in [0.3, 0.4) is 0 Å². The Bertz CT molecular complexity index is 587. The third-order valence-electron chi connectivity index (χ3n) is 2.23. The summed E-state index contributed by atoms with van der Waals surface area (Å²) in [5.74, 6) is -0.625. The Morgan fingerprint density at radius 1 is 1.39 bits per heavy atom. The summed E-state index contributed by atoms with van der Waals surface area (Å²) >= 11 is 10.3. The molecular weight excluding hydrogens is 341 g/mol. The molecule has 2 rings (SSSR count). The molecule has 2 aromatic rings. The number of thiophene rings is 1. The molecule has 2 nitrogen and oxygen atoms in total. The minimum atomic E-state index is -0.464. The van der Waals surface area contributed by atoms with Gasteiger partial charge >= 0.3 is 0 Å². The zero-order valence-electron chi connectivity index (χ0n) is 9.04. The van der Waals surface area contributed by atoms with Crippen LogP contribution in [0.4, 0.5) is 4.39 Å². The average Bonchev–Trinajstić information content (AvgIpc) is 2.77. The van der Waals surface area contributed by atoms with Crippen molar-refractivity contribution in [3.63, 3.8) is 0 Å². The van der Waals surface area contributed by atoms with Crippen LogP contribution in [-0.4, -0.2) is 5.91 Å². The highest BCUT2D eigenvalue weighted by atomic mass is 79.9. The lowest BCUT2D eigenvalue weighted by Gasteiger charge is -2.04. The van der Waals surface area contributed by atoms with Crippen LogP contribution in [0.2, 0.25) is 5.02 Å². The molecule has 0 radical (unpaired) electrons. The maximum absolute atomic E-state index is 12.9. The molecule has 0 aliphatic heterocycles. The number of hydrogen-bond donors (Lipinski definition) is 1. The lowest BCUT2D eigenvalue weighted by Crippen LogP contribution is -2.21. The first-order valence-corrected chi connectivity index (χ1v) is 7.02. The summed E-state index contributed by atoms with van der Waals surface area (Å²) in [7, 11) is 0. The zero-order valence-corrected chi connectivity index (χ0v) is 12.2. The first-order chi connectivity index (χ1) is 8.56. The van der Waals surface area contributed by atoms with E-state index in [1.165, 1.54) is 23.5 Å². The van der Waals surface area contributed by atoms with E-state index in [4.69, 9.17) is 11.6 Å². The van der Waals surface area contributed by atoms with E-state index in [9.17, 15) is 9.18 Å². The van der Waals surface area contributed by atoms with Crippen molar-refractivity contribution in [2.24, 2.45) is 0 Å². The summed E-state index contributed by atoms with van der Waals surface area (Å²) < 4.78 is 13.8. The summed E-state index contributed by atoms with van der Waals surface area (Å²) in [4.78, 5) is 12.4. The van der Waals surface area contributed by atoms with Crippen molar-refractivity contribution in [1.82, 2.24) is 5.32 Å². The number of hydrogen-bond acceptors (Lipinski definition) is 2. The summed E-state index contributed by atoms with van der Waals surface area (Å²) in [5.41, 5.74) is 0.755. The molecule has 1 amide bonds. The topological polar surface area (TPSA) is 29.1 Å². The largest absolute Gasteiger partial charge is 0.347 e. The molecule has 0 aliphatic rings. The summed E-state index contributed by atoms with van der Waals surface area (Å²) in [6.45, 7) is 0.314. The number of halogens is 3. The molecule has 1 aromatic carbocycles. The first kappa shape index (κ1) is 13.5. The molecule has 18 heavy (non-hydrogen) atoms. The number of rotatable bonds is 3. The van der Waals surface area contributed by atoms with Crippen LogP contribution in [0.25, 0.3) is 0 Å². The third-order valence-corrected chi connectivity index (χ3v) is 4.15. The van der Waals surface area contributed by atoms with Crippen LogP contribution in [0.15, 0.2) is 34.1 Å². The van der Waals surface area contributed by atoms with Crippen LogP contribution in [-0.2, 0) is 6.54 Å². The van der Waals surface area contributed by atoms with E-state index in [1.54, 1.807) is 12.1 Å². The smallest absolute Gasteiger partial charge is 0.261 e. The van der Waals surface area contributed by atoms with Crippen molar-refractivity contribution in [1.29, 1.82) is 0 Å². The fourth-order valence-corrected chi connectivity index (χ4v) is 2.86. The molecule has 1 aromatic heterocycles. The van der Waals surface area contributed by atoms with Crippen molar-refractivity contribution in [3.8, 4) is 0 Å². The van der Waals surface area contributed by atoms with Gasteiger partial charge in [0.25, 0.3) is 5.91 Å². The quantitative estimate of drug-likeness (QED) is 0.883. The highest BCUT2D eigenvalue weighted by molar-refractivity contribution is 9.11.